The van der Waals surface area contributed by atoms with Crippen LogP contribution in [0.15, 0.2) is 12.4 Å². The van der Waals surface area contributed by atoms with Crippen LogP contribution < -0.4 is 10.6 Å². The van der Waals surface area contributed by atoms with Crippen LogP contribution in [0, 0.1) is 5.41 Å². The van der Waals surface area contributed by atoms with Crippen LogP contribution in [0.25, 0.3) is 11.3 Å². The fourth-order valence-electron chi connectivity index (χ4n) is 5.81. The number of hydrogen-bond donors (Lipinski definition) is 2. The van der Waals surface area contributed by atoms with Gasteiger partial charge in [-0.1, -0.05) is 24.4 Å². The van der Waals surface area contributed by atoms with Crippen molar-refractivity contribution in [3.05, 3.63) is 23.1 Å². The molecular weight excluding hydrogens is 396 g/mol. The maximum absolute atomic E-state index is 6.52. The van der Waals surface area contributed by atoms with E-state index in [1.165, 1.54) is 57.1 Å². The van der Waals surface area contributed by atoms with Gasteiger partial charge in [-0.2, -0.15) is 5.10 Å². The number of rotatable bonds is 5. The Balaban J connectivity index is 1.12. The van der Waals surface area contributed by atoms with Crippen molar-refractivity contribution >= 4 is 17.5 Å². The second-order valence-corrected chi connectivity index (χ2v) is 10.5. The third-order valence-electron chi connectivity index (χ3n) is 7.82. The molecule has 0 bridgehead atoms. The van der Waals surface area contributed by atoms with Gasteiger partial charge in [-0.3, -0.25) is 4.68 Å². The van der Waals surface area contributed by atoms with E-state index in [4.69, 9.17) is 16.6 Å². The summed E-state index contributed by atoms with van der Waals surface area (Å²) >= 11 is 6.52. The SMILES string of the molecule is Clc1cnc(N[C@H]2CC[C@H](NC3CCCC3)CC2)nc1-c1cnn2c1CC1(CC1)C2. The van der Waals surface area contributed by atoms with E-state index in [9.17, 15) is 0 Å². The highest BCUT2D eigenvalue weighted by molar-refractivity contribution is 6.32. The average molecular weight is 427 g/mol. The van der Waals surface area contributed by atoms with Gasteiger partial charge in [-0.25, -0.2) is 9.97 Å². The van der Waals surface area contributed by atoms with E-state index in [1.807, 2.05) is 6.20 Å². The summed E-state index contributed by atoms with van der Waals surface area (Å²) in [6.07, 6.45) is 17.7. The topological polar surface area (TPSA) is 67.7 Å². The molecular formula is C23H31ClN6. The Morgan fingerprint density at radius 3 is 2.47 bits per heavy atom. The first-order chi connectivity index (χ1) is 14.7. The summed E-state index contributed by atoms with van der Waals surface area (Å²) < 4.78 is 2.16. The van der Waals surface area contributed by atoms with Crippen LogP contribution in [0.2, 0.25) is 5.02 Å². The summed E-state index contributed by atoms with van der Waals surface area (Å²) in [6.45, 7) is 1.05. The van der Waals surface area contributed by atoms with E-state index in [-0.39, 0.29) is 0 Å². The molecule has 2 aromatic heterocycles. The van der Waals surface area contributed by atoms with Crippen molar-refractivity contribution in [2.45, 2.75) is 95.3 Å². The molecule has 0 radical (unpaired) electrons. The van der Waals surface area contributed by atoms with Gasteiger partial charge < -0.3 is 10.6 Å². The lowest BCUT2D eigenvalue weighted by Crippen LogP contribution is -2.41. The van der Waals surface area contributed by atoms with Crippen LogP contribution in [0.5, 0.6) is 0 Å². The fourth-order valence-corrected chi connectivity index (χ4v) is 6.00. The van der Waals surface area contributed by atoms with Crippen molar-refractivity contribution < 1.29 is 0 Å². The lowest BCUT2D eigenvalue weighted by Gasteiger charge is -2.31. The van der Waals surface area contributed by atoms with Crippen molar-refractivity contribution in [3.63, 3.8) is 0 Å². The summed E-state index contributed by atoms with van der Waals surface area (Å²) in [5.74, 6) is 0.695. The van der Waals surface area contributed by atoms with Gasteiger partial charge >= 0.3 is 0 Å². The number of anilines is 1. The number of nitrogens with zero attached hydrogens (tertiary/aromatic N) is 4. The van der Waals surface area contributed by atoms with Crippen molar-refractivity contribution in [2.75, 3.05) is 5.32 Å². The van der Waals surface area contributed by atoms with Crippen LogP contribution in [0.3, 0.4) is 0 Å². The molecule has 4 aliphatic rings. The first-order valence-corrected chi connectivity index (χ1v) is 12.2. The van der Waals surface area contributed by atoms with E-state index in [1.54, 1.807) is 6.20 Å². The van der Waals surface area contributed by atoms with Crippen molar-refractivity contribution in [1.82, 2.24) is 25.1 Å². The monoisotopic (exact) mass is 426 g/mol. The molecule has 0 unspecified atom stereocenters. The first-order valence-electron chi connectivity index (χ1n) is 11.8. The summed E-state index contributed by atoms with van der Waals surface area (Å²) in [5.41, 5.74) is 3.67. The predicted octanol–water partition coefficient (Wildman–Crippen LogP) is 4.59. The molecule has 6 nitrogen and oxygen atoms in total. The average Bonchev–Trinajstić information content (AvgIpc) is 3.06. The zero-order chi connectivity index (χ0) is 20.1. The van der Waals surface area contributed by atoms with Gasteiger partial charge in [0, 0.05) is 35.9 Å². The summed E-state index contributed by atoms with van der Waals surface area (Å²) in [6, 6.07) is 1.88. The largest absolute Gasteiger partial charge is 0.351 e. The number of fused-ring (bicyclic) bond motifs is 1. The fraction of sp³-hybridized carbons (Fsp3) is 0.696. The molecule has 0 saturated heterocycles. The number of nitrogens with one attached hydrogen (secondary N) is 2. The normalized spacial score (nSPS) is 27.5. The van der Waals surface area contributed by atoms with Crippen LogP contribution in [-0.4, -0.2) is 37.9 Å². The van der Waals surface area contributed by atoms with E-state index < -0.39 is 0 Å². The predicted molar refractivity (Wildman–Crippen MR) is 119 cm³/mol. The van der Waals surface area contributed by atoms with Crippen LogP contribution in [0.4, 0.5) is 5.95 Å². The van der Waals surface area contributed by atoms with E-state index in [0.717, 1.165) is 43.1 Å². The Kier molecular flexibility index (Phi) is 4.75. The lowest BCUT2D eigenvalue weighted by molar-refractivity contribution is 0.322. The molecule has 0 aromatic carbocycles. The molecule has 0 atom stereocenters. The second kappa shape index (κ2) is 7.49. The molecule has 160 valence electrons. The van der Waals surface area contributed by atoms with Gasteiger partial charge in [0.25, 0.3) is 0 Å². The smallest absolute Gasteiger partial charge is 0.223 e. The molecule has 30 heavy (non-hydrogen) atoms. The molecule has 6 rings (SSSR count). The van der Waals surface area contributed by atoms with Gasteiger partial charge in [-0.15, -0.1) is 0 Å². The van der Waals surface area contributed by atoms with Crippen LogP contribution in [-0.2, 0) is 13.0 Å². The second-order valence-electron chi connectivity index (χ2n) is 10.1. The van der Waals surface area contributed by atoms with Gasteiger partial charge in [0.15, 0.2) is 0 Å². The van der Waals surface area contributed by atoms with E-state index in [0.29, 0.717) is 28.5 Å². The number of aromatic nitrogens is 4. The Labute approximate surface area is 183 Å². The summed E-state index contributed by atoms with van der Waals surface area (Å²) in [7, 11) is 0. The molecule has 1 spiro atoms. The quantitative estimate of drug-likeness (QED) is 0.732. The molecule has 7 heteroatoms. The first kappa shape index (κ1) is 19.1. The Morgan fingerprint density at radius 1 is 0.967 bits per heavy atom. The zero-order valence-corrected chi connectivity index (χ0v) is 18.3. The highest BCUT2D eigenvalue weighted by Crippen LogP contribution is 2.54. The molecule has 0 amide bonds. The standard InChI is InChI=1S/C23H31ClN6/c24-19-13-25-22(28-17-7-5-16(6-8-17)27-15-3-1-2-4-15)29-21(19)18-12-26-30-14-23(9-10-23)11-20(18)30/h12-13,15-17,27H,1-11,14H2,(H,25,28,29)/t16-,17-. The highest BCUT2D eigenvalue weighted by atomic mass is 35.5. The molecule has 2 aromatic rings. The maximum atomic E-state index is 6.52. The maximum Gasteiger partial charge on any atom is 0.223 e. The Hall–Kier alpha value is -1.66. The molecule has 3 saturated carbocycles. The minimum absolute atomic E-state index is 0.438. The third kappa shape index (κ3) is 3.62. The highest BCUT2D eigenvalue weighted by Gasteiger charge is 2.48. The van der Waals surface area contributed by atoms with Crippen molar-refractivity contribution in [2.24, 2.45) is 5.41 Å². The molecule has 3 aliphatic carbocycles. The van der Waals surface area contributed by atoms with E-state index in [2.05, 4.69) is 25.4 Å². The third-order valence-corrected chi connectivity index (χ3v) is 8.10. The Morgan fingerprint density at radius 2 is 1.70 bits per heavy atom. The van der Waals surface area contributed by atoms with E-state index >= 15 is 0 Å². The van der Waals surface area contributed by atoms with Crippen molar-refractivity contribution in [3.8, 4) is 11.3 Å². The molecule has 2 N–H and O–H groups in total. The Bertz CT molecular complexity index is 922. The van der Waals surface area contributed by atoms with Gasteiger partial charge in [0.05, 0.1) is 23.1 Å². The van der Waals surface area contributed by atoms with Crippen LogP contribution >= 0.6 is 11.6 Å². The molecule has 1 aliphatic heterocycles. The van der Waals surface area contributed by atoms with Gasteiger partial charge in [0.2, 0.25) is 5.95 Å². The van der Waals surface area contributed by atoms with Crippen molar-refractivity contribution in [1.29, 1.82) is 0 Å². The minimum atomic E-state index is 0.438. The zero-order valence-electron chi connectivity index (χ0n) is 17.5. The van der Waals surface area contributed by atoms with Crippen LogP contribution in [0.1, 0.15) is 69.9 Å². The molecule has 3 fully saturated rings. The van der Waals surface area contributed by atoms with Gasteiger partial charge in [-0.05, 0) is 63.2 Å². The summed E-state index contributed by atoms with van der Waals surface area (Å²) in [5, 5.41) is 12.7. The minimum Gasteiger partial charge on any atom is -0.351 e. The number of halogens is 1. The number of hydrogen-bond acceptors (Lipinski definition) is 5. The lowest BCUT2D eigenvalue weighted by atomic mass is 9.90. The van der Waals surface area contributed by atoms with Gasteiger partial charge in [0.1, 0.15) is 0 Å². The molecule has 3 heterocycles. The summed E-state index contributed by atoms with van der Waals surface area (Å²) in [4.78, 5) is 9.32.